The van der Waals surface area contributed by atoms with Crippen LogP contribution in [0, 0.1) is 13.8 Å². The van der Waals surface area contributed by atoms with E-state index < -0.39 is 10.0 Å². The summed E-state index contributed by atoms with van der Waals surface area (Å²) in [4.78, 5) is 15.8. The van der Waals surface area contributed by atoms with Gasteiger partial charge in [-0.2, -0.15) is 4.31 Å². The minimum absolute atomic E-state index is 0.0158. The van der Waals surface area contributed by atoms with Gasteiger partial charge in [-0.15, -0.1) is 0 Å². The summed E-state index contributed by atoms with van der Waals surface area (Å²) < 4.78 is 29.4. The Morgan fingerprint density at radius 2 is 1.65 bits per heavy atom. The van der Waals surface area contributed by atoms with Gasteiger partial charge in [0.2, 0.25) is 10.0 Å². The zero-order valence-electron chi connectivity index (χ0n) is 19.6. The second-order valence-corrected chi connectivity index (χ2v) is 13.0. The highest BCUT2D eigenvalue weighted by molar-refractivity contribution is 9.10. The summed E-state index contributed by atoms with van der Waals surface area (Å²) in [6.45, 7) is 6.96. The Bertz CT molecular complexity index is 1160. The highest BCUT2D eigenvalue weighted by Crippen LogP contribution is 2.31. The van der Waals surface area contributed by atoms with Gasteiger partial charge < -0.3 is 10.2 Å². The lowest BCUT2D eigenvalue weighted by Crippen LogP contribution is -2.48. The van der Waals surface area contributed by atoms with E-state index in [0.717, 1.165) is 49.7 Å². The van der Waals surface area contributed by atoms with Gasteiger partial charge in [-0.3, -0.25) is 4.79 Å². The van der Waals surface area contributed by atoms with Gasteiger partial charge in [-0.25, -0.2) is 8.42 Å². The molecule has 2 aliphatic heterocycles. The molecule has 2 aliphatic rings. The molecule has 2 aromatic rings. The van der Waals surface area contributed by atoms with Gasteiger partial charge in [-0.05, 0) is 96.9 Å². The number of halogens is 2. The number of hydrogen-bond acceptors (Lipinski definition) is 4. The average Bonchev–Trinajstić information content (AvgIpc) is 2.79. The number of rotatable bonds is 5. The number of carbonyl (C=O) groups is 1. The van der Waals surface area contributed by atoms with Crippen LogP contribution in [0.2, 0.25) is 0 Å². The van der Waals surface area contributed by atoms with E-state index in [1.165, 1.54) is 27.2 Å². The lowest BCUT2D eigenvalue weighted by molar-refractivity contribution is 0.0932. The van der Waals surface area contributed by atoms with Crippen LogP contribution < -0.4 is 10.2 Å². The number of nitrogens with one attached hydrogen (secondary N) is 1. The quantitative estimate of drug-likeness (QED) is 0.491. The number of hydrogen-bond donors (Lipinski definition) is 1. The van der Waals surface area contributed by atoms with E-state index in [-0.39, 0.29) is 16.8 Å². The topological polar surface area (TPSA) is 69.7 Å². The SMILES string of the molecule is Cc1cc(Br)cc(C)c1N1CCCC(NC(=O)c2cc(S(=O)(=O)N3CCCCC3)ccc2Br)C1. The van der Waals surface area contributed by atoms with E-state index in [0.29, 0.717) is 23.1 Å². The normalized spacial score (nSPS) is 19.8. The maximum Gasteiger partial charge on any atom is 0.252 e. The van der Waals surface area contributed by atoms with Crippen molar-refractivity contribution in [2.45, 2.75) is 56.9 Å². The van der Waals surface area contributed by atoms with E-state index in [1.54, 1.807) is 12.1 Å². The largest absolute Gasteiger partial charge is 0.369 e. The number of amides is 1. The van der Waals surface area contributed by atoms with Crippen LogP contribution in [0.3, 0.4) is 0 Å². The highest BCUT2D eigenvalue weighted by atomic mass is 79.9. The van der Waals surface area contributed by atoms with Crippen molar-refractivity contribution in [3.8, 4) is 0 Å². The predicted octanol–water partition coefficient (Wildman–Crippen LogP) is 5.40. The standard InChI is InChI=1S/C25H31Br2N3O3S/c1-17-13-19(26)14-18(2)24(17)29-10-6-7-20(16-29)28-25(31)22-15-21(8-9-23(22)27)34(32,33)30-11-4-3-5-12-30/h8-9,13-15,20H,3-7,10-12,16H2,1-2H3,(H,28,31). The number of benzene rings is 2. The van der Waals surface area contributed by atoms with Crippen LogP contribution in [0.4, 0.5) is 5.69 Å². The number of sulfonamides is 1. The lowest BCUT2D eigenvalue weighted by atomic mass is 10.0. The Kier molecular flexibility index (Phi) is 8.06. The molecule has 2 aromatic carbocycles. The highest BCUT2D eigenvalue weighted by Gasteiger charge is 2.29. The fraction of sp³-hybridized carbons (Fsp3) is 0.480. The molecule has 34 heavy (non-hydrogen) atoms. The van der Waals surface area contributed by atoms with Crippen LogP contribution in [-0.2, 0) is 10.0 Å². The summed E-state index contributed by atoms with van der Waals surface area (Å²) >= 11 is 7.02. The molecule has 0 aliphatic carbocycles. The number of nitrogens with zero attached hydrogens (tertiary/aromatic N) is 2. The zero-order valence-corrected chi connectivity index (χ0v) is 23.6. The molecule has 0 bridgehead atoms. The van der Waals surface area contributed by atoms with Crippen molar-refractivity contribution >= 4 is 53.5 Å². The van der Waals surface area contributed by atoms with Crippen LogP contribution in [0.15, 0.2) is 44.2 Å². The first-order valence-electron chi connectivity index (χ1n) is 11.8. The van der Waals surface area contributed by atoms with Gasteiger partial charge in [-0.1, -0.05) is 22.4 Å². The molecule has 0 aromatic heterocycles. The molecule has 6 nitrogen and oxygen atoms in total. The zero-order chi connectivity index (χ0) is 24.5. The Morgan fingerprint density at radius 3 is 2.32 bits per heavy atom. The molecule has 0 spiro atoms. The van der Waals surface area contributed by atoms with Crippen molar-refractivity contribution < 1.29 is 13.2 Å². The van der Waals surface area contributed by atoms with E-state index in [4.69, 9.17) is 0 Å². The average molecular weight is 613 g/mol. The summed E-state index contributed by atoms with van der Waals surface area (Å²) in [5.41, 5.74) is 3.98. The van der Waals surface area contributed by atoms with Crippen molar-refractivity contribution in [1.29, 1.82) is 0 Å². The molecule has 9 heteroatoms. The Hall–Kier alpha value is -1.42. The van der Waals surface area contributed by atoms with Crippen LogP contribution in [-0.4, -0.2) is 50.9 Å². The molecule has 0 radical (unpaired) electrons. The maximum atomic E-state index is 13.2. The molecule has 1 unspecified atom stereocenters. The Balaban J connectivity index is 1.51. The van der Waals surface area contributed by atoms with Crippen molar-refractivity contribution in [3.05, 3.63) is 56.0 Å². The predicted molar refractivity (Wildman–Crippen MR) is 143 cm³/mol. The van der Waals surface area contributed by atoms with Gasteiger partial charge in [0, 0.05) is 46.9 Å². The molecule has 2 saturated heterocycles. The van der Waals surface area contributed by atoms with E-state index in [2.05, 4.69) is 68.1 Å². The van der Waals surface area contributed by atoms with Crippen LogP contribution in [0.5, 0.6) is 0 Å². The third-order valence-electron chi connectivity index (χ3n) is 6.66. The Labute approximate surface area is 219 Å². The van der Waals surface area contributed by atoms with Gasteiger partial charge in [0.1, 0.15) is 0 Å². The van der Waals surface area contributed by atoms with Crippen LogP contribution in [0.25, 0.3) is 0 Å². The number of aryl methyl sites for hydroxylation is 2. The number of carbonyl (C=O) groups excluding carboxylic acids is 1. The summed E-state index contributed by atoms with van der Waals surface area (Å²) in [6, 6.07) is 8.97. The van der Waals surface area contributed by atoms with Crippen molar-refractivity contribution in [2.24, 2.45) is 0 Å². The molecular formula is C25H31Br2N3O3S. The number of piperidine rings is 2. The third kappa shape index (κ3) is 5.53. The molecule has 2 heterocycles. The summed E-state index contributed by atoms with van der Waals surface area (Å²) in [6.07, 6.45) is 4.67. The molecule has 184 valence electrons. The molecule has 0 saturated carbocycles. The fourth-order valence-corrected chi connectivity index (χ4v) is 7.71. The van der Waals surface area contributed by atoms with Gasteiger partial charge >= 0.3 is 0 Å². The summed E-state index contributed by atoms with van der Waals surface area (Å²) in [5.74, 6) is -0.251. The second kappa shape index (κ2) is 10.7. The molecule has 1 N–H and O–H groups in total. The third-order valence-corrected chi connectivity index (χ3v) is 9.71. The minimum Gasteiger partial charge on any atom is -0.369 e. The first-order valence-corrected chi connectivity index (χ1v) is 14.8. The number of anilines is 1. The van der Waals surface area contributed by atoms with E-state index in [9.17, 15) is 13.2 Å². The van der Waals surface area contributed by atoms with Crippen LogP contribution in [0.1, 0.15) is 53.6 Å². The molecule has 1 atom stereocenters. The van der Waals surface area contributed by atoms with Crippen molar-refractivity contribution in [1.82, 2.24) is 9.62 Å². The molecular weight excluding hydrogens is 582 g/mol. The smallest absolute Gasteiger partial charge is 0.252 e. The Morgan fingerprint density at radius 1 is 0.971 bits per heavy atom. The van der Waals surface area contributed by atoms with Gasteiger partial charge in [0.05, 0.1) is 10.5 Å². The lowest BCUT2D eigenvalue weighted by Gasteiger charge is -2.36. The van der Waals surface area contributed by atoms with E-state index >= 15 is 0 Å². The first-order chi connectivity index (χ1) is 16.2. The van der Waals surface area contributed by atoms with Crippen LogP contribution >= 0.6 is 31.9 Å². The van der Waals surface area contributed by atoms with Gasteiger partial charge in [0.25, 0.3) is 5.91 Å². The van der Waals surface area contributed by atoms with Crippen molar-refractivity contribution in [3.63, 3.8) is 0 Å². The second-order valence-electron chi connectivity index (χ2n) is 9.25. The molecule has 1 amide bonds. The molecule has 4 rings (SSSR count). The fourth-order valence-electron chi connectivity index (χ4n) is 5.06. The van der Waals surface area contributed by atoms with E-state index in [1.807, 2.05) is 0 Å². The monoisotopic (exact) mass is 611 g/mol. The van der Waals surface area contributed by atoms with Crippen molar-refractivity contribution in [2.75, 3.05) is 31.1 Å². The first kappa shape index (κ1) is 25.7. The summed E-state index contributed by atoms with van der Waals surface area (Å²) in [5, 5.41) is 3.16. The maximum absolute atomic E-state index is 13.2. The van der Waals surface area contributed by atoms with Gasteiger partial charge in [0.15, 0.2) is 0 Å². The minimum atomic E-state index is -3.61. The summed E-state index contributed by atoms with van der Waals surface area (Å²) in [7, 11) is -3.61. The molecule has 2 fully saturated rings.